The van der Waals surface area contributed by atoms with Crippen LogP contribution >= 0.6 is 11.3 Å². The third-order valence-corrected chi connectivity index (χ3v) is 4.20. The van der Waals surface area contributed by atoms with Gasteiger partial charge in [-0.1, -0.05) is 0 Å². The molecule has 0 bridgehead atoms. The zero-order chi connectivity index (χ0) is 15.9. The first kappa shape index (κ1) is 16.8. The van der Waals surface area contributed by atoms with E-state index in [2.05, 4.69) is 10.7 Å². The first-order valence-corrected chi connectivity index (χ1v) is 8.57. The summed E-state index contributed by atoms with van der Waals surface area (Å²) < 4.78 is 11.5. The van der Waals surface area contributed by atoms with Gasteiger partial charge in [0.25, 0.3) is 0 Å². The van der Waals surface area contributed by atoms with E-state index in [9.17, 15) is 0 Å². The minimum Gasteiger partial charge on any atom is -0.494 e. The Balaban J connectivity index is 2.37. The fourth-order valence-electron chi connectivity index (χ4n) is 2.23. The smallest absolute Gasteiger partial charge is 0.129 e. The maximum Gasteiger partial charge on any atom is 0.129 e. The van der Waals surface area contributed by atoms with E-state index >= 15 is 0 Å². The summed E-state index contributed by atoms with van der Waals surface area (Å²) in [6, 6.07) is 4.08. The minimum atomic E-state index is 0.636. The second-order valence-corrected chi connectivity index (χ2v) is 5.90. The highest BCUT2D eigenvalue weighted by molar-refractivity contribution is 7.09. The number of hydrogen-bond acceptors (Lipinski definition) is 5. The molecule has 1 heterocycles. The van der Waals surface area contributed by atoms with E-state index in [4.69, 9.17) is 14.5 Å². The summed E-state index contributed by atoms with van der Waals surface area (Å²) in [4.78, 5) is 4.73. The predicted octanol–water partition coefficient (Wildman–Crippen LogP) is 3.68. The quantitative estimate of drug-likeness (QED) is 0.806. The average molecular weight is 320 g/mol. The molecule has 0 fully saturated rings. The van der Waals surface area contributed by atoms with Crippen molar-refractivity contribution >= 4 is 11.3 Å². The summed E-state index contributed by atoms with van der Waals surface area (Å²) in [5, 5.41) is 6.37. The summed E-state index contributed by atoms with van der Waals surface area (Å²) in [5.41, 5.74) is 3.04. The van der Waals surface area contributed by atoms with Gasteiger partial charge in [0.15, 0.2) is 0 Å². The van der Waals surface area contributed by atoms with Crippen LogP contribution < -0.4 is 14.8 Å². The second kappa shape index (κ2) is 8.15. The van der Waals surface area contributed by atoms with Gasteiger partial charge in [-0.05, 0) is 45.5 Å². The van der Waals surface area contributed by atoms with E-state index in [0.29, 0.717) is 13.2 Å². The monoisotopic (exact) mass is 320 g/mol. The lowest BCUT2D eigenvalue weighted by Gasteiger charge is -2.14. The number of benzene rings is 1. The van der Waals surface area contributed by atoms with Gasteiger partial charge in [-0.2, -0.15) is 0 Å². The first-order valence-electron chi connectivity index (χ1n) is 7.69. The molecule has 4 nitrogen and oxygen atoms in total. The maximum atomic E-state index is 5.79. The van der Waals surface area contributed by atoms with Gasteiger partial charge >= 0.3 is 0 Å². The summed E-state index contributed by atoms with van der Waals surface area (Å²) >= 11 is 1.69. The molecule has 1 aromatic carbocycles. The molecule has 0 saturated carbocycles. The number of aryl methyl sites for hydroxylation is 1. The molecule has 0 aliphatic heterocycles. The lowest BCUT2D eigenvalue weighted by Crippen LogP contribution is -2.10. The number of hydrogen-bond donors (Lipinski definition) is 1. The van der Waals surface area contributed by atoms with Gasteiger partial charge in [-0.3, -0.25) is 0 Å². The van der Waals surface area contributed by atoms with Crippen LogP contribution in [0, 0.1) is 6.92 Å². The molecule has 5 heteroatoms. The highest BCUT2D eigenvalue weighted by Gasteiger charge is 2.14. The molecule has 0 radical (unpaired) electrons. The molecule has 22 heavy (non-hydrogen) atoms. The maximum absolute atomic E-state index is 5.79. The van der Waals surface area contributed by atoms with Crippen LogP contribution in [0.25, 0.3) is 11.3 Å². The number of ether oxygens (including phenoxy) is 2. The van der Waals surface area contributed by atoms with E-state index in [-0.39, 0.29) is 0 Å². The van der Waals surface area contributed by atoms with Crippen molar-refractivity contribution in [3.8, 4) is 22.8 Å². The Morgan fingerprint density at radius 1 is 1.14 bits per heavy atom. The molecular weight excluding hydrogens is 296 g/mol. The van der Waals surface area contributed by atoms with Crippen LogP contribution in [0.5, 0.6) is 11.5 Å². The molecule has 0 saturated heterocycles. The van der Waals surface area contributed by atoms with Crippen molar-refractivity contribution < 1.29 is 9.47 Å². The highest BCUT2D eigenvalue weighted by Crippen LogP contribution is 2.36. The zero-order valence-corrected chi connectivity index (χ0v) is 14.5. The van der Waals surface area contributed by atoms with Gasteiger partial charge in [-0.25, -0.2) is 4.98 Å². The Kier molecular flexibility index (Phi) is 6.21. The fourth-order valence-corrected chi connectivity index (χ4v) is 3.03. The van der Waals surface area contributed by atoms with Gasteiger partial charge in [0, 0.05) is 23.9 Å². The second-order valence-electron chi connectivity index (χ2n) is 4.96. The van der Waals surface area contributed by atoms with Crippen LogP contribution in [0.4, 0.5) is 0 Å². The summed E-state index contributed by atoms with van der Waals surface area (Å²) in [6.45, 7) is 8.25. The van der Waals surface area contributed by atoms with Crippen LogP contribution in [-0.2, 0) is 6.42 Å². The van der Waals surface area contributed by atoms with E-state index in [1.54, 1.807) is 11.3 Å². The van der Waals surface area contributed by atoms with Gasteiger partial charge in [0.1, 0.15) is 11.5 Å². The lowest BCUT2D eigenvalue weighted by atomic mass is 10.1. The van der Waals surface area contributed by atoms with E-state index in [1.165, 1.54) is 0 Å². The largest absolute Gasteiger partial charge is 0.494 e. The fraction of sp³-hybridized carbons (Fsp3) is 0.471. The molecule has 0 unspecified atom stereocenters. The first-order chi connectivity index (χ1) is 10.7. The molecule has 0 amide bonds. The van der Waals surface area contributed by atoms with Crippen molar-refractivity contribution in [1.29, 1.82) is 0 Å². The van der Waals surface area contributed by atoms with Crippen LogP contribution in [0.15, 0.2) is 17.5 Å². The topological polar surface area (TPSA) is 43.4 Å². The van der Waals surface area contributed by atoms with Gasteiger partial charge in [0.2, 0.25) is 0 Å². The molecule has 0 atom stereocenters. The number of rotatable bonds is 8. The number of thiazole rings is 1. The van der Waals surface area contributed by atoms with Crippen molar-refractivity contribution in [2.24, 2.45) is 0 Å². The molecule has 1 N–H and O–H groups in total. The Morgan fingerprint density at radius 3 is 2.55 bits per heavy atom. The Bertz CT molecular complexity index is 611. The van der Waals surface area contributed by atoms with Crippen LogP contribution in [0.3, 0.4) is 0 Å². The van der Waals surface area contributed by atoms with Crippen molar-refractivity contribution in [2.75, 3.05) is 26.8 Å². The van der Waals surface area contributed by atoms with Crippen LogP contribution in [0.1, 0.15) is 24.4 Å². The third-order valence-electron chi connectivity index (χ3n) is 3.29. The van der Waals surface area contributed by atoms with Gasteiger partial charge in [0.05, 0.1) is 23.9 Å². The molecule has 0 aliphatic rings. The predicted molar refractivity (Wildman–Crippen MR) is 92.3 cm³/mol. The highest BCUT2D eigenvalue weighted by atomic mass is 32.1. The van der Waals surface area contributed by atoms with Crippen molar-refractivity contribution in [3.05, 3.63) is 28.1 Å². The third kappa shape index (κ3) is 3.99. The van der Waals surface area contributed by atoms with Crippen LogP contribution in [-0.4, -0.2) is 31.8 Å². The molecule has 0 spiro atoms. The summed E-state index contributed by atoms with van der Waals surface area (Å²) in [5.74, 6) is 1.76. The molecular formula is C17H24N2O2S. The lowest BCUT2D eigenvalue weighted by molar-refractivity contribution is 0.329. The Hall–Kier alpha value is -1.59. The van der Waals surface area contributed by atoms with E-state index in [0.717, 1.165) is 46.3 Å². The molecule has 1 aromatic heterocycles. The number of aromatic nitrogens is 1. The van der Waals surface area contributed by atoms with Crippen LogP contribution in [0.2, 0.25) is 0 Å². The number of nitrogens with zero attached hydrogens (tertiary/aromatic N) is 1. The van der Waals surface area contributed by atoms with E-state index < -0.39 is 0 Å². The summed E-state index contributed by atoms with van der Waals surface area (Å²) in [7, 11) is 1.95. The Morgan fingerprint density at radius 2 is 1.86 bits per heavy atom. The Labute approximate surface area is 136 Å². The molecule has 120 valence electrons. The molecule has 0 aliphatic carbocycles. The minimum absolute atomic E-state index is 0.636. The normalized spacial score (nSPS) is 10.7. The van der Waals surface area contributed by atoms with Crippen molar-refractivity contribution in [3.63, 3.8) is 0 Å². The average Bonchev–Trinajstić information content (AvgIpc) is 2.97. The molecule has 2 rings (SSSR count). The van der Waals surface area contributed by atoms with Gasteiger partial charge in [-0.15, -0.1) is 11.3 Å². The van der Waals surface area contributed by atoms with Gasteiger partial charge < -0.3 is 14.8 Å². The SMILES string of the molecule is CCOc1cc(-c2csc(CCNC)n2)c(OCC)cc1C. The number of nitrogens with one attached hydrogen (secondary N) is 1. The standard InChI is InChI=1S/C17H24N2O2S/c1-5-20-15-10-13(16(21-6-2)9-12(15)3)14-11-22-17(19-14)7-8-18-4/h9-11,18H,5-8H2,1-4H3. The summed E-state index contributed by atoms with van der Waals surface area (Å²) in [6.07, 6.45) is 0.940. The van der Waals surface area contributed by atoms with Crippen molar-refractivity contribution in [1.82, 2.24) is 10.3 Å². The molecule has 2 aromatic rings. The zero-order valence-electron chi connectivity index (χ0n) is 13.7. The number of likely N-dealkylation sites (N-methyl/N-ethyl adjacent to an activating group) is 1. The van der Waals surface area contributed by atoms with Crippen molar-refractivity contribution in [2.45, 2.75) is 27.2 Å². The van der Waals surface area contributed by atoms with E-state index in [1.807, 2.05) is 40.0 Å².